The van der Waals surface area contributed by atoms with Crippen LogP contribution in [0.15, 0.2) is 0 Å². The lowest BCUT2D eigenvalue weighted by Gasteiger charge is -2.04. The molecule has 1 saturated heterocycles. The molecule has 3 heteroatoms. The van der Waals surface area contributed by atoms with Crippen LogP contribution in [0.25, 0.3) is 0 Å². The van der Waals surface area contributed by atoms with Gasteiger partial charge in [0, 0.05) is 0 Å². The highest BCUT2D eigenvalue weighted by molar-refractivity contribution is 6.19. The van der Waals surface area contributed by atoms with Crippen LogP contribution in [0, 0.1) is 0 Å². The Balaban J connectivity index is 2.33. The molecule has 1 heterocycles. The van der Waals surface area contributed by atoms with Gasteiger partial charge in [0.25, 0.3) is 0 Å². The van der Waals surface area contributed by atoms with Crippen LogP contribution in [0.5, 0.6) is 0 Å². The Bertz CT molecular complexity index is 58.7. The smallest absolute Gasteiger partial charge is 0.408 e. The summed E-state index contributed by atoms with van der Waals surface area (Å²) in [6.45, 7) is 3.96. The lowest BCUT2D eigenvalue weighted by Crippen LogP contribution is -2.13. The lowest BCUT2D eigenvalue weighted by molar-refractivity contribution is 0.187. The molecule has 0 amide bonds. The molecule has 1 rings (SSSR count). The van der Waals surface area contributed by atoms with E-state index in [9.17, 15) is 0 Å². The predicted molar refractivity (Wildman–Crippen MR) is 26.8 cm³/mol. The molecule has 0 N–H and O–H groups in total. The highest BCUT2D eigenvalue weighted by atomic mass is 16.6. The summed E-state index contributed by atoms with van der Waals surface area (Å²) >= 11 is 0. The molecule has 1 radical (unpaired) electrons. The molecular formula is C4H8BO2. The normalized spacial score (nSPS) is 40.9. The molecule has 7 heavy (non-hydrogen) atoms. The maximum absolute atomic E-state index is 4.92. The van der Waals surface area contributed by atoms with Gasteiger partial charge < -0.3 is 9.31 Å². The first-order chi connectivity index (χ1) is 3.30. The summed E-state index contributed by atoms with van der Waals surface area (Å²) < 4.78 is 9.84. The maximum Gasteiger partial charge on any atom is 0.488 e. The Kier molecular flexibility index (Phi) is 1.35. The van der Waals surface area contributed by atoms with Crippen molar-refractivity contribution < 1.29 is 9.31 Å². The summed E-state index contributed by atoms with van der Waals surface area (Å²) in [6, 6.07) is 0. The standard InChI is InChI=1S/C4H8BO2/c1-3-4(2)7-5-6-3/h3-4H,1-2H3/t3-,4-/m1/s1. The van der Waals surface area contributed by atoms with Gasteiger partial charge in [-0.25, -0.2) is 0 Å². The van der Waals surface area contributed by atoms with Gasteiger partial charge in [-0.2, -0.15) is 0 Å². The topological polar surface area (TPSA) is 18.5 Å². The van der Waals surface area contributed by atoms with Crippen LogP contribution >= 0.6 is 0 Å². The van der Waals surface area contributed by atoms with Crippen molar-refractivity contribution in [3.8, 4) is 0 Å². The Morgan fingerprint density at radius 3 is 1.71 bits per heavy atom. The first-order valence-corrected chi connectivity index (χ1v) is 2.43. The van der Waals surface area contributed by atoms with Crippen LogP contribution in [0.3, 0.4) is 0 Å². The van der Waals surface area contributed by atoms with E-state index in [1.165, 1.54) is 7.69 Å². The zero-order valence-electron chi connectivity index (χ0n) is 4.55. The fourth-order valence-electron chi connectivity index (χ4n) is 0.429. The minimum absolute atomic E-state index is 0.236. The van der Waals surface area contributed by atoms with Crippen molar-refractivity contribution in [1.29, 1.82) is 0 Å². The van der Waals surface area contributed by atoms with Crippen molar-refractivity contribution in [3.05, 3.63) is 0 Å². The van der Waals surface area contributed by atoms with Gasteiger partial charge in [-0.3, -0.25) is 0 Å². The first-order valence-electron chi connectivity index (χ1n) is 2.43. The van der Waals surface area contributed by atoms with E-state index < -0.39 is 0 Å². The van der Waals surface area contributed by atoms with Gasteiger partial charge >= 0.3 is 7.69 Å². The number of hydrogen-bond donors (Lipinski definition) is 0. The van der Waals surface area contributed by atoms with Crippen molar-refractivity contribution in [3.63, 3.8) is 0 Å². The van der Waals surface area contributed by atoms with Crippen molar-refractivity contribution in [2.75, 3.05) is 0 Å². The van der Waals surface area contributed by atoms with Crippen LogP contribution in [0.1, 0.15) is 13.8 Å². The maximum atomic E-state index is 4.92. The molecule has 39 valence electrons. The summed E-state index contributed by atoms with van der Waals surface area (Å²) in [4.78, 5) is 0. The summed E-state index contributed by atoms with van der Waals surface area (Å²) in [5, 5.41) is 0. The Hall–Kier alpha value is -0.0151. The van der Waals surface area contributed by atoms with Crippen molar-refractivity contribution in [2.45, 2.75) is 26.1 Å². The fourth-order valence-corrected chi connectivity index (χ4v) is 0.429. The molecule has 0 unspecified atom stereocenters. The summed E-state index contributed by atoms with van der Waals surface area (Å²) in [7, 11) is 1.40. The van der Waals surface area contributed by atoms with E-state index >= 15 is 0 Å². The van der Waals surface area contributed by atoms with Crippen molar-refractivity contribution in [2.24, 2.45) is 0 Å². The Morgan fingerprint density at radius 2 is 1.57 bits per heavy atom. The summed E-state index contributed by atoms with van der Waals surface area (Å²) in [5.74, 6) is 0. The third-order valence-corrected chi connectivity index (χ3v) is 1.20. The molecule has 1 aliphatic heterocycles. The van der Waals surface area contributed by atoms with Gasteiger partial charge in [0.15, 0.2) is 0 Å². The second-order valence-corrected chi connectivity index (χ2v) is 1.78. The van der Waals surface area contributed by atoms with Gasteiger partial charge in [0.05, 0.1) is 12.2 Å². The largest absolute Gasteiger partial charge is 0.488 e. The Labute approximate surface area is 44.1 Å². The van der Waals surface area contributed by atoms with Crippen LogP contribution in [0.4, 0.5) is 0 Å². The predicted octanol–water partition coefficient (Wildman–Crippen LogP) is 0.344. The van der Waals surface area contributed by atoms with Crippen LogP contribution in [0.2, 0.25) is 0 Å². The van der Waals surface area contributed by atoms with Crippen LogP contribution in [-0.2, 0) is 9.31 Å². The summed E-state index contributed by atoms with van der Waals surface area (Å²) in [6.07, 6.45) is 0.472. The second kappa shape index (κ2) is 1.84. The minimum Gasteiger partial charge on any atom is -0.408 e. The molecule has 0 aromatic carbocycles. The quantitative estimate of drug-likeness (QED) is 0.408. The third-order valence-electron chi connectivity index (χ3n) is 1.20. The van der Waals surface area contributed by atoms with E-state index in [2.05, 4.69) is 0 Å². The summed E-state index contributed by atoms with van der Waals surface area (Å²) in [5.41, 5.74) is 0. The van der Waals surface area contributed by atoms with E-state index in [1.807, 2.05) is 13.8 Å². The molecule has 1 fully saturated rings. The zero-order chi connectivity index (χ0) is 5.28. The van der Waals surface area contributed by atoms with E-state index in [0.29, 0.717) is 0 Å². The van der Waals surface area contributed by atoms with Gasteiger partial charge in [-0.05, 0) is 13.8 Å². The highest BCUT2D eigenvalue weighted by Crippen LogP contribution is 2.07. The van der Waals surface area contributed by atoms with Crippen LogP contribution < -0.4 is 0 Å². The third kappa shape index (κ3) is 0.953. The van der Waals surface area contributed by atoms with Crippen LogP contribution in [-0.4, -0.2) is 19.9 Å². The van der Waals surface area contributed by atoms with Crippen molar-refractivity contribution in [1.82, 2.24) is 0 Å². The van der Waals surface area contributed by atoms with E-state index in [0.717, 1.165) is 0 Å². The first kappa shape index (κ1) is 5.13. The monoisotopic (exact) mass is 99.1 g/mol. The van der Waals surface area contributed by atoms with Gasteiger partial charge in [-0.15, -0.1) is 0 Å². The molecule has 0 bridgehead atoms. The number of hydrogen-bond acceptors (Lipinski definition) is 2. The van der Waals surface area contributed by atoms with Gasteiger partial charge in [-0.1, -0.05) is 0 Å². The van der Waals surface area contributed by atoms with E-state index in [-0.39, 0.29) is 12.2 Å². The fraction of sp³-hybridized carbons (Fsp3) is 1.00. The van der Waals surface area contributed by atoms with Gasteiger partial charge in [0.1, 0.15) is 0 Å². The molecular weight excluding hydrogens is 90.9 g/mol. The SMILES string of the molecule is C[C@H]1O[B]O[C@@H]1C. The second-order valence-electron chi connectivity index (χ2n) is 1.78. The number of rotatable bonds is 0. The molecule has 2 atom stereocenters. The van der Waals surface area contributed by atoms with Crippen molar-refractivity contribution >= 4 is 7.69 Å². The van der Waals surface area contributed by atoms with Gasteiger partial charge in [0.2, 0.25) is 0 Å². The molecule has 0 aromatic heterocycles. The average molecular weight is 98.9 g/mol. The van der Waals surface area contributed by atoms with E-state index in [1.54, 1.807) is 0 Å². The van der Waals surface area contributed by atoms with E-state index in [4.69, 9.17) is 9.31 Å². The molecule has 0 spiro atoms. The molecule has 1 aliphatic rings. The molecule has 2 nitrogen and oxygen atoms in total. The zero-order valence-corrected chi connectivity index (χ0v) is 4.55. The highest BCUT2D eigenvalue weighted by Gasteiger charge is 2.21. The lowest BCUT2D eigenvalue weighted by atomic mass is 10.3. The Morgan fingerprint density at radius 1 is 1.14 bits per heavy atom. The average Bonchev–Trinajstić information content (AvgIpc) is 1.91. The molecule has 0 aliphatic carbocycles. The molecule has 0 aromatic rings. The molecule has 0 saturated carbocycles. The minimum atomic E-state index is 0.236.